The van der Waals surface area contributed by atoms with Crippen LogP contribution in [0.15, 0.2) is 18.2 Å². The van der Waals surface area contributed by atoms with Crippen molar-refractivity contribution >= 4 is 63.6 Å². The van der Waals surface area contributed by atoms with E-state index >= 15 is 0 Å². The van der Waals surface area contributed by atoms with Gasteiger partial charge in [-0.2, -0.15) is 13.2 Å². The first-order valence-corrected chi connectivity index (χ1v) is 15.6. The van der Waals surface area contributed by atoms with Gasteiger partial charge in [0.05, 0.1) is 33.8 Å². The van der Waals surface area contributed by atoms with Gasteiger partial charge in [-0.3, -0.25) is 9.59 Å². The average Bonchev–Trinajstić information content (AvgIpc) is 3.54. The van der Waals surface area contributed by atoms with E-state index in [0.29, 0.717) is 5.56 Å². The summed E-state index contributed by atoms with van der Waals surface area (Å²) in [7, 11) is 0. The first-order valence-electron chi connectivity index (χ1n) is 14.8. The molecule has 2 aliphatic rings. The average molecular weight is 691 g/mol. The van der Waals surface area contributed by atoms with E-state index in [2.05, 4.69) is 30.9 Å². The number of anilines is 3. The molecule has 4 N–H and O–H groups in total. The highest BCUT2D eigenvalue weighted by molar-refractivity contribution is 6.39. The Labute approximate surface area is 272 Å². The number of rotatable bonds is 7. The summed E-state index contributed by atoms with van der Waals surface area (Å²) in [5.74, 6) is -5.05. The summed E-state index contributed by atoms with van der Waals surface area (Å²) < 4.78 is 67.8. The van der Waals surface area contributed by atoms with Gasteiger partial charge in [-0.25, -0.2) is 18.7 Å². The predicted molar refractivity (Wildman–Crippen MR) is 166 cm³/mol. The lowest BCUT2D eigenvalue weighted by atomic mass is 9.85. The number of carbonyl (C=O) groups excluding carboxylic acids is 2. The Kier molecular flexibility index (Phi) is 9.35. The third-order valence-corrected chi connectivity index (χ3v) is 8.97. The Balaban J connectivity index is 1.41. The van der Waals surface area contributed by atoms with Crippen LogP contribution in [0.25, 0.3) is 11.2 Å². The molecule has 5 rings (SSSR count). The molecular formula is C30H34Cl2F5N7O2. The van der Waals surface area contributed by atoms with Crippen LogP contribution in [0.1, 0.15) is 68.8 Å². The van der Waals surface area contributed by atoms with Gasteiger partial charge in [-0.1, -0.05) is 50.0 Å². The van der Waals surface area contributed by atoms with E-state index in [4.69, 9.17) is 23.2 Å². The number of alkyl halides is 5. The number of nitrogens with zero attached hydrogens (tertiary/aromatic N) is 3. The van der Waals surface area contributed by atoms with Crippen LogP contribution < -0.4 is 20.9 Å². The lowest BCUT2D eigenvalue weighted by Gasteiger charge is -2.30. The van der Waals surface area contributed by atoms with Crippen LogP contribution in [0.5, 0.6) is 0 Å². The van der Waals surface area contributed by atoms with Crippen molar-refractivity contribution in [1.82, 2.24) is 25.6 Å². The highest BCUT2D eigenvalue weighted by atomic mass is 35.5. The summed E-state index contributed by atoms with van der Waals surface area (Å²) >= 11 is 13.1. The van der Waals surface area contributed by atoms with Crippen LogP contribution in [0, 0.1) is 11.3 Å². The van der Waals surface area contributed by atoms with E-state index < -0.39 is 48.3 Å². The van der Waals surface area contributed by atoms with Crippen molar-refractivity contribution in [1.29, 1.82) is 0 Å². The van der Waals surface area contributed by atoms with Gasteiger partial charge >= 0.3 is 6.18 Å². The van der Waals surface area contributed by atoms with Crippen LogP contribution in [0.2, 0.25) is 10.0 Å². The number of pyridine rings is 1. The largest absolute Gasteiger partial charge is 0.391 e. The summed E-state index contributed by atoms with van der Waals surface area (Å²) in [4.78, 5) is 39.0. The molecule has 9 nitrogen and oxygen atoms in total. The third kappa shape index (κ3) is 7.59. The molecular weight excluding hydrogens is 656 g/mol. The Morgan fingerprint density at radius 2 is 1.78 bits per heavy atom. The zero-order chi connectivity index (χ0) is 33.6. The number of hydrogen-bond acceptors (Lipinski definition) is 6. The maximum atomic E-state index is 14.2. The summed E-state index contributed by atoms with van der Waals surface area (Å²) in [5.41, 5.74) is 0.666. The number of imidazole rings is 1. The van der Waals surface area contributed by atoms with Crippen LogP contribution in [0.3, 0.4) is 0 Å². The number of H-pyrrole nitrogens is 1. The highest BCUT2D eigenvalue weighted by Crippen LogP contribution is 2.39. The van der Waals surface area contributed by atoms with Crippen molar-refractivity contribution in [2.45, 2.75) is 77.6 Å². The van der Waals surface area contributed by atoms with Crippen LogP contribution >= 0.6 is 23.2 Å². The number of hydrogen-bond donors (Lipinski definition) is 4. The molecule has 46 heavy (non-hydrogen) atoms. The molecule has 2 aromatic heterocycles. The SMILES string of the molecule is CC(C)(C)C(=O)NCc1ccc(Cl)c(Nc2nc3cc(C(=O)N[C@H]4CC[C@H](C(F)(F)F)CC4)c(N4CCC(F)(F)C4)nc3[nH]2)c1Cl. The molecule has 0 atom stereocenters. The van der Waals surface area contributed by atoms with Gasteiger partial charge in [0.1, 0.15) is 11.3 Å². The number of carbonyl (C=O) groups is 2. The number of aromatic amines is 1. The molecule has 0 spiro atoms. The van der Waals surface area contributed by atoms with E-state index in [1.807, 2.05) is 0 Å². The first kappa shape index (κ1) is 34.0. The Hall–Kier alpha value is -3.39. The standard InChI is InChI=1S/C30H34Cl2F5N7O2/c1-28(2,3)26(46)38-13-15-4-9-19(31)22(21(15)32)41-27-40-20-12-18(24(42-23(20)43-27)44-11-10-29(33,34)14-44)25(45)39-17-7-5-16(6-8-17)30(35,36)37/h4,9,12,16-17H,5-8,10-11,13-14H2,1-3H3,(H,38,46)(H,39,45)(H2,40,41,42,43)/t16-,17-. The van der Waals surface area contributed by atoms with Crippen LogP contribution in [0.4, 0.5) is 39.4 Å². The van der Waals surface area contributed by atoms with E-state index in [0.717, 1.165) is 0 Å². The van der Waals surface area contributed by atoms with Gasteiger partial charge in [0.15, 0.2) is 5.65 Å². The van der Waals surface area contributed by atoms with Crippen LogP contribution in [-0.2, 0) is 11.3 Å². The molecule has 1 saturated heterocycles. The lowest BCUT2D eigenvalue weighted by Crippen LogP contribution is -2.40. The summed E-state index contributed by atoms with van der Waals surface area (Å²) in [5, 5.41) is 9.10. The van der Waals surface area contributed by atoms with Crippen molar-refractivity contribution < 1.29 is 31.5 Å². The minimum absolute atomic E-state index is 0.00834. The van der Waals surface area contributed by atoms with E-state index in [1.165, 1.54) is 11.0 Å². The normalized spacial score (nSPS) is 20.2. The molecule has 0 radical (unpaired) electrons. The fourth-order valence-electron chi connectivity index (χ4n) is 5.55. The second-order valence-corrected chi connectivity index (χ2v) is 13.6. The Morgan fingerprint density at radius 3 is 2.39 bits per heavy atom. The van der Waals surface area contributed by atoms with Gasteiger partial charge in [0.25, 0.3) is 11.8 Å². The first-order chi connectivity index (χ1) is 21.4. The fraction of sp³-hybridized carbons (Fsp3) is 0.533. The minimum atomic E-state index is -4.29. The van der Waals surface area contributed by atoms with Crippen molar-refractivity contribution in [2.75, 3.05) is 23.3 Å². The van der Waals surface area contributed by atoms with Gasteiger partial charge in [0, 0.05) is 31.0 Å². The smallest absolute Gasteiger partial charge is 0.352 e. The summed E-state index contributed by atoms with van der Waals surface area (Å²) in [6.07, 6.45) is -4.66. The number of aromatic nitrogens is 3. The predicted octanol–water partition coefficient (Wildman–Crippen LogP) is 7.37. The molecule has 1 aliphatic heterocycles. The molecule has 16 heteroatoms. The Bertz CT molecular complexity index is 1630. The van der Waals surface area contributed by atoms with E-state index in [1.54, 1.807) is 32.9 Å². The molecule has 2 amide bonds. The maximum absolute atomic E-state index is 14.2. The zero-order valence-electron chi connectivity index (χ0n) is 25.3. The number of nitrogens with one attached hydrogen (secondary N) is 4. The molecule has 2 fully saturated rings. The molecule has 0 unspecified atom stereocenters. The van der Waals surface area contributed by atoms with E-state index in [-0.39, 0.29) is 88.9 Å². The van der Waals surface area contributed by atoms with Crippen LogP contribution in [-0.4, -0.2) is 58.0 Å². The van der Waals surface area contributed by atoms with Crippen molar-refractivity contribution in [3.63, 3.8) is 0 Å². The number of halogens is 7. The second-order valence-electron chi connectivity index (χ2n) is 12.9. The van der Waals surface area contributed by atoms with Crippen molar-refractivity contribution in [3.05, 3.63) is 39.4 Å². The molecule has 1 aromatic carbocycles. The van der Waals surface area contributed by atoms with Gasteiger partial charge in [-0.05, 0) is 43.4 Å². The number of benzene rings is 1. The summed E-state index contributed by atoms with van der Waals surface area (Å²) in [6.45, 7) is 4.80. The molecule has 250 valence electrons. The second kappa shape index (κ2) is 12.7. The lowest BCUT2D eigenvalue weighted by molar-refractivity contribution is -0.182. The summed E-state index contributed by atoms with van der Waals surface area (Å²) in [6, 6.07) is 4.19. The minimum Gasteiger partial charge on any atom is -0.352 e. The number of amides is 2. The highest BCUT2D eigenvalue weighted by Gasteiger charge is 2.42. The fourth-order valence-corrected chi connectivity index (χ4v) is 6.08. The quantitative estimate of drug-likeness (QED) is 0.193. The van der Waals surface area contributed by atoms with Gasteiger partial charge in [-0.15, -0.1) is 0 Å². The molecule has 0 bridgehead atoms. The third-order valence-electron chi connectivity index (χ3n) is 8.23. The topological polar surface area (TPSA) is 115 Å². The zero-order valence-corrected chi connectivity index (χ0v) is 26.9. The molecule has 1 aliphatic carbocycles. The number of fused-ring (bicyclic) bond motifs is 1. The molecule has 3 aromatic rings. The Morgan fingerprint density at radius 1 is 1.09 bits per heavy atom. The molecule has 1 saturated carbocycles. The van der Waals surface area contributed by atoms with Gasteiger partial charge < -0.3 is 25.8 Å². The monoisotopic (exact) mass is 689 g/mol. The maximum Gasteiger partial charge on any atom is 0.391 e. The van der Waals surface area contributed by atoms with E-state index in [9.17, 15) is 31.5 Å². The van der Waals surface area contributed by atoms with Gasteiger partial charge in [0.2, 0.25) is 11.9 Å². The van der Waals surface area contributed by atoms with Crippen molar-refractivity contribution in [2.24, 2.45) is 11.3 Å². The molecule has 3 heterocycles. The van der Waals surface area contributed by atoms with Crippen molar-refractivity contribution in [3.8, 4) is 0 Å².